The van der Waals surface area contributed by atoms with E-state index in [4.69, 9.17) is 30.3 Å². The van der Waals surface area contributed by atoms with Gasteiger partial charge in [-0.15, -0.1) is 12.8 Å². The van der Waals surface area contributed by atoms with E-state index in [0.717, 1.165) is 63.7 Å². The summed E-state index contributed by atoms with van der Waals surface area (Å²) in [6, 6.07) is 19.0. The Kier molecular flexibility index (Phi) is 17.5. The van der Waals surface area contributed by atoms with Gasteiger partial charge in [0.15, 0.2) is 0 Å². The van der Waals surface area contributed by atoms with Crippen molar-refractivity contribution in [2.75, 3.05) is 0 Å². The molecule has 0 unspecified atom stereocenters. The summed E-state index contributed by atoms with van der Waals surface area (Å²) in [5, 5.41) is 2.05. The number of hydrogen-bond acceptors (Lipinski definition) is 7. The molecule has 0 N–H and O–H groups in total. The Bertz CT molecular complexity index is 5580. The number of rotatable bonds is 1. The molecule has 0 saturated carbocycles. The van der Waals surface area contributed by atoms with Gasteiger partial charge in [0.2, 0.25) is 0 Å². The van der Waals surface area contributed by atoms with Gasteiger partial charge >= 0.3 is 302 Å². The van der Waals surface area contributed by atoms with Crippen molar-refractivity contribution in [3.8, 4) is 214 Å². The van der Waals surface area contributed by atoms with Crippen molar-refractivity contribution in [2.24, 2.45) is 8.73 Å². The van der Waals surface area contributed by atoms with Gasteiger partial charge in [0.25, 0.3) is 0 Å². The average Bonchev–Trinajstić information content (AvgIpc) is 4.42. The third-order valence-corrected chi connectivity index (χ3v) is 17.9. The Morgan fingerprint density at radius 3 is 1.35 bits per heavy atom. The van der Waals surface area contributed by atoms with Crippen LogP contribution in [0.4, 0.5) is 11.4 Å². The van der Waals surface area contributed by atoms with Crippen LogP contribution < -0.4 is 8.62 Å². The summed E-state index contributed by atoms with van der Waals surface area (Å²) >= 11 is 6.00. The maximum atomic E-state index is 5.04. The standard InChI is InChI=1S/C68H16N4S4Se2/c1-5-7-9-11-13-15-17-19-21-23-25-27-29-31-33-35-37-51-44-52(38-36-34-32-30-28-26-24-22-20-18-16-14-12-10-8-6-2)46-53(45-51)47-54-55-43-49(3)73-67(55)68-56(54)48-57(74-68)58-41-42-60(78-58)62-65-63(69-75-71-65)61(59-40-39-50(4)77-59)64-66(62)72-76-70-64/h1-2,39-48H,3-4H2/b54-47-,58-57+,61-59-,62-60+. The number of aromatic nitrogens is 2. The van der Waals surface area contributed by atoms with Crippen LogP contribution in [0.5, 0.6) is 0 Å². The molecule has 78 heavy (non-hydrogen) atoms. The Morgan fingerprint density at radius 1 is 0.449 bits per heavy atom. The minimum absolute atomic E-state index is 0.0453. The molecular weight excluding hydrogens is 1160 g/mol. The van der Waals surface area contributed by atoms with Crippen LogP contribution in [0.25, 0.3) is 35.8 Å². The minimum atomic E-state index is -0.0453. The molecule has 0 fully saturated rings. The molecule has 2 aliphatic rings. The van der Waals surface area contributed by atoms with E-state index in [0.29, 0.717) is 11.1 Å². The Balaban J connectivity index is 1.06. The Hall–Kier alpha value is -11.0. The SMILES string of the molecule is C#CC#CC#CC#CC#CC#CC#CC#CC#Cc1cc(C#CC#CC#CC#CC#CC#CC#CC#CC#C)cc(/C=C2/c3cc(=C)sc3=c3s/c(=c4\cc/c(=c5\c6c(/c(=c7/ccc(=C)[se]7)c7nsnc57)N=S=N6)[se]4)cc32)c1. The normalized spacial score (nSPS) is 11.0. The molecule has 0 radical (unpaired) electrons. The maximum absolute atomic E-state index is 5.04. The molecule has 0 atom stereocenters. The van der Waals surface area contributed by atoms with E-state index in [2.05, 4.69) is 257 Å². The molecule has 5 aromatic heterocycles. The van der Waals surface area contributed by atoms with Gasteiger partial charge in [0.1, 0.15) is 0 Å². The zero-order valence-electron chi connectivity index (χ0n) is 39.6. The van der Waals surface area contributed by atoms with E-state index in [1.807, 2.05) is 18.2 Å². The van der Waals surface area contributed by atoms with Gasteiger partial charge in [0.05, 0.1) is 0 Å². The second-order valence-electron chi connectivity index (χ2n) is 14.6. The summed E-state index contributed by atoms with van der Waals surface area (Å²) in [6.07, 6.45) is 12.3. The van der Waals surface area contributed by atoms with Crippen LogP contribution in [0.1, 0.15) is 27.8 Å². The summed E-state index contributed by atoms with van der Waals surface area (Å²) in [6.45, 7) is 8.52. The van der Waals surface area contributed by atoms with Gasteiger partial charge in [-0.3, -0.25) is 0 Å². The molecule has 0 saturated heterocycles. The number of nitrogens with zero attached hydrogens (tertiary/aromatic N) is 4. The predicted molar refractivity (Wildman–Crippen MR) is 319 cm³/mol. The van der Waals surface area contributed by atoms with Gasteiger partial charge in [-0.25, -0.2) is 0 Å². The first-order valence-corrected chi connectivity index (χ1v) is 28.3. The summed E-state index contributed by atoms with van der Waals surface area (Å²) < 4.78 is 28.7. The quantitative estimate of drug-likeness (QED) is 0.139. The first-order chi connectivity index (χ1) is 38.5. The molecule has 4 nitrogen and oxygen atoms in total. The molecule has 9 rings (SSSR count). The van der Waals surface area contributed by atoms with Gasteiger partial charge in [0, 0.05) is 0 Å². The van der Waals surface area contributed by atoms with Gasteiger partial charge in [-0.05, 0) is 166 Å². The summed E-state index contributed by atoms with van der Waals surface area (Å²) in [5.74, 6) is 88.5. The van der Waals surface area contributed by atoms with Crippen molar-refractivity contribution >= 4 is 122 Å². The molecule has 6 heterocycles. The van der Waals surface area contributed by atoms with Crippen LogP contribution in [0.3, 0.4) is 0 Å². The van der Waals surface area contributed by atoms with E-state index in [-0.39, 0.29) is 29.0 Å². The second kappa shape index (κ2) is 26.3. The van der Waals surface area contributed by atoms with Crippen molar-refractivity contribution in [3.05, 3.63) is 127 Å². The Morgan fingerprint density at radius 2 is 0.872 bits per heavy atom. The number of benzene rings is 2. The van der Waals surface area contributed by atoms with Gasteiger partial charge in [-0.2, -0.15) is 0 Å². The van der Waals surface area contributed by atoms with Crippen LogP contribution >= 0.6 is 34.4 Å². The van der Waals surface area contributed by atoms with Crippen LogP contribution in [-0.2, 0) is 11.4 Å². The monoisotopic (exact) mass is 1180 g/mol. The van der Waals surface area contributed by atoms with Crippen LogP contribution in [0.2, 0.25) is 0 Å². The predicted octanol–water partition coefficient (Wildman–Crippen LogP) is 6.54. The molecule has 0 spiro atoms. The number of thiophene rings is 2. The van der Waals surface area contributed by atoms with E-state index < -0.39 is 0 Å². The molecule has 0 amide bonds. The van der Waals surface area contributed by atoms with E-state index in [9.17, 15) is 0 Å². The van der Waals surface area contributed by atoms with E-state index >= 15 is 0 Å². The Labute approximate surface area is 476 Å². The van der Waals surface area contributed by atoms with Crippen molar-refractivity contribution in [2.45, 2.75) is 0 Å². The molecular formula is C68H16N4S4Se2. The summed E-state index contributed by atoms with van der Waals surface area (Å²) in [5.41, 5.74) is 9.15. The van der Waals surface area contributed by atoms with Gasteiger partial charge in [-0.1, -0.05) is 0 Å². The van der Waals surface area contributed by atoms with Crippen LogP contribution in [-0.4, -0.2) is 37.8 Å². The number of fused-ring (bicyclic) bond motifs is 4. The van der Waals surface area contributed by atoms with Crippen molar-refractivity contribution in [1.29, 1.82) is 0 Å². The molecule has 0 bridgehead atoms. The fourth-order valence-corrected chi connectivity index (χ4v) is 14.6. The molecule has 2 aromatic carbocycles. The second-order valence-corrected chi connectivity index (χ2v) is 22.6. The summed E-state index contributed by atoms with van der Waals surface area (Å²) in [4.78, 5) is 0. The van der Waals surface area contributed by atoms with Crippen molar-refractivity contribution in [3.63, 3.8) is 0 Å². The third-order valence-electron chi connectivity index (χ3n) is 9.80. The van der Waals surface area contributed by atoms with Crippen molar-refractivity contribution in [1.82, 2.24) is 8.75 Å². The number of hydrogen-bond donors (Lipinski definition) is 0. The summed E-state index contributed by atoms with van der Waals surface area (Å²) in [7, 11) is 0. The fourth-order valence-electron chi connectivity index (χ4n) is 6.97. The van der Waals surface area contributed by atoms with Crippen LogP contribution in [0.15, 0.2) is 63.3 Å². The first kappa shape index (κ1) is 51.9. The van der Waals surface area contributed by atoms with E-state index in [1.165, 1.54) is 49.0 Å². The molecule has 1 aliphatic heterocycles. The molecule has 7 aromatic rings. The molecule has 344 valence electrons. The zero-order valence-corrected chi connectivity index (χ0v) is 46.3. The van der Waals surface area contributed by atoms with E-state index in [1.54, 1.807) is 22.7 Å². The zero-order chi connectivity index (χ0) is 53.7. The van der Waals surface area contributed by atoms with Gasteiger partial charge < -0.3 is 0 Å². The molecule has 10 heteroatoms. The average molecular weight is 1180 g/mol. The molecule has 1 aliphatic carbocycles. The van der Waals surface area contributed by atoms with Crippen LogP contribution in [0, 0.1) is 250 Å². The third kappa shape index (κ3) is 13.0. The first-order valence-electron chi connectivity index (χ1n) is 21.8. The fraction of sp³-hybridized carbons (Fsp3) is 0. The number of terminal acetylenes is 2. The topological polar surface area (TPSA) is 50.5 Å². The van der Waals surface area contributed by atoms with Crippen molar-refractivity contribution < 1.29 is 0 Å².